The molecule has 0 aromatic carbocycles. The lowest BCUT2D eigenvalue weighted by molar-refractivity contribution is 0.248. The fourth-order valence-corrected chi connectivity index (χ4v) is 0.817. The van der Waals surface area contributed by atoms with Crippen LogP contribution in [0.5, 0.6) is 0 Å². The maximum Gasteiger partial charge on any atom is 0.342 e. The Morgan fingerprint density at radius 2 is 2.30 bits per heavy atom. The highest BCUT2D eigenvalue weighted by Gasteiger charge is 2.10. The molecule has 1 aliphatic rings. The van der Waals surface area contributed by atoms with E-state index in [9.17, 15) is 4.79 Å². The van der Waals surface area contributed by atoms with Gasteiger partial charge in [-0.3, -0.25) is 0 Å². The van der Waals surface area contributed by atoms with Crippen molar-refractivity contribution in [2.24, 2.45) is 4.99 Å². The van der Waals surface area contributed by atoms with Gasteiger partial charge in [0.05, 0.1) is 0 Å². The molecular formula is C6H11N3O. The van der Waals surface area contributed by atoms with Crippen molar-refractivity contribution < 1.29 is 4.79 Å². The van der Waals surface area contributed by atoms with E-state index in [2.05, 4.69) is 10.3 Å². The Morgan fingerprint density at radius 1 is 1.60 bits per heavy atom. The molecule has 0 spiro atoms. The minimum Gasteiger partial charge on any atom is -0.366 e. The average molecular weight is 141 g/mol. The summed E-state index contributed by atoms with van der Waals surface area (Å²) in [6, 6.07) is -0.227. The molecule has 0 saturated carbocycles. The molecule has 0 fully saturated rings. The summed E-state index contributed by atoms with van der Waals surface area (Å²) in [6.45, 7) is 0.704. The zero-order valence-electron chi connectivity index (χ0n) is 6.22. The molecule has 2 amide bonds. The van der Waals surface area contributed by atoms with Gasteiger partial charge in [-0.15, -0.1) is 0 Å². The van der Waals surface area contributed by atoms with Crippen LogP contribution in [0.4, 0.5) is 4.79 Å². The number of rotatable bonds is 0. The summed E-state index contributed by atoms with van der Waals surface area (Å²) in [4.78, 5) is 16.3. The molecule has 1 N–H and O–H groups in total. The topological polar surface area (TPSA) is 44.7 Å². The van der Waals surface area contributed by atoms with Crippen LogP contribution in [0.15, 0.2) is 4.99 Å². The lowest BCUT2D eigenvalue weighted by Crippen LogP contribution is -2.35. The van der Waals surface area contributed by atoms with Gasteiger partial charge < -0.3 is 10.2 Å². The first-order chi connectivity index (χ1) is 4.70. The second-order valence-electron chi connectivity index (χ2n) is 2.40. The number of urea groups is 1. The van der Waals surface area contributed by atoms with Gasteiger partial charge in [0, 0.05) is 27.1 Å². The summed E-state index contributed by atoms with van der Waals surface area (Å²) in [7, 11) is 3.77. The highest BCUT2D eigenvalue weighted by atomic mass is 16.2. The van der Waals surface area contributed by atoms with Crippen molar-refractivity contribution in [1.82, 2.24) is 10.2 Å². The van der Waals surface area contributed by atoms with Gasteiger partial charge in [0.25, 0.3) is 0 Å². The van der Waals surface area contributed by atoms with Gasteiger partial charge >= 0.3 is 6.03 Å². The minimum absolute atomic E-state index is 0.227. The molecule has 4 nitrogen and oxygen atoms in total. The van der Waals surface area contributed by atoms with Gasteiger partial charge in [-0.25, -0.2) is 4.79 Å². The van der Waals surface area contributed by atoms with E-state index in [1.54, 1.807) is 0 Å². The summed E-state index contributed by atoms with van der Waals surface area (Å²) >= 11 is 0. The first kappa shape index (κ1) is 7.05. The van der Waals surface area contributed by atoms with E-state index >= 15 is 0 Å². The van der Waals surface area contributed by atoms with E-state index in [1.165, 1.54) is 0 Å². The molecule has 0 aromatic heterocycles. The van der Waals surface area contributed by atoms with Crippen LogP contribution in [0.25, 0.3) is 0 Å². The molecule has 0 atom stereocenters. The first-order valence-electron chi connectivity index (χ1n) is 3.23. The number of hydrogen-bond donors (Lipinski definition) is 1. The lowest BCUT2D eigenvalue weighted by Gasteiger charge is -2.18. The Morgan fingerprint density at radius 3 is 2.70 bits per heavy atom. The normalized spacial score (nSPS) is 17.8. The Bertz CT molecular complexity index is 174. The Labute approximate surface area is 59.9 Å². The molecule has 0 bridgehead atoms. The van der Waals surface area contributed by atoms with Crippen molar-refractivity contribution in [1.29, 1.82) is 0 Å². The van der Waals surface area contributed by atoms with Crippen molar-refractivity contribution in [2.45, 2.75) is 6.42 Å². The summed E-state index contributed by atoms with van der Waals surface area (Å²) in [5.41, 5.74) is 0. The molecule has 0 aromatic rings. The van der Waals surface area contributed by atoms with E-state index in [0.29, 0.717) is 6.54 Å². The van der Waals surface area contributed by atoms with Crippen molar-refractivity contribution >= 4 is 11.9 Å². The van der Waals surface area contributed by atoms with Crippen LogP contribution in [0, 0.1) is 0 Å². The number of amidine groups is 1. The molecule has 56 valence electrons. The largest absolute Gasteiger partial charge is 0.366 e. The molecule has 0 radical (unpaired) electrons. The zero-order chi connectivity index (χ0) is 7.56. The van der Waals surface area contributed by atoms with E-state index in [4.69, 9.17) is 0 Å². The van der Waals surface area contributed by atoms with E-state index in [-0.39, 0.29) is 6.03 Å². The average Bonchev–Trinajstić information content (AvgIpc) is 1.88. The fourth-order valence-electron chi connectivity index (χ4n) is 0.817. The standard InChI is InChI=1S/C6H11N3O/c1-9(2)5-3-4-7-6(10)8-5/h3-4H2,1-2H3,(H,7,10). The summed E-state index contributed by atoms with van der Waals surface area (Å²) in [5, 5.41) is 2.61. The molecule has 0 saturated heterocycles. The maximum absolute atomic E-state index is 10.7. The monoisotopic (exact) mass is 141 g/mol. The van der Waals surface area contributed by atoms with Crippen LogP contribution in [-0.4, -0.2) is 37.4 Å². The number of amides is 2. The number of hydrogen-bond acceptors (Lipinski definition) is 2. The first-order valence-corrected chi connectivity index (χ1v) is 3.23. The zero-order valence-corrected chi connectivity index (χ0v) is 6.22. The number of carbonyl (C=O) groups excluding carboxylic acids is 1. The van der Waals surface area contributed by atoms with Gasteiger partial charge in [0.1, 0.15) is 5.84 Å². The minimum atomic E-state index is -0.227. The molecule has 0 aliphatic carbocycles. The van der Waals surface area contributed by atoms with E-state index in [0.717, 1.165) is 12.3 Å². The Kier molecular flexibility index (Phi) is 1.89. The van der Waals surface area contributed by atoms with E-state index < -0.39 is 0 Å². The number of nitrogens with zero attached hydrogens (tertiary/aromatic N) is 2. The molecule has 1 heterocycles. The number of aliphatic imine (C=N–C) groups is 1. The van der Waals surface area contributed by atoms with Crippen molar-refractivity contribution in [3.8, 4) is 0 Å². The van der Waals surface area contributed by atoms with Crippen molar-refractivity contribution in [3.05, 3.63) is 0 Å². The smallest absolute Gasteiger partial charge is 0.342 e. The summed E-state index contributed by atoms with van der Waals surface area (Å²) in [6.07, 6.45) is 0.832. The Hall–Kier alpha value is -1.06. The highest BCUT2D eigenvalue weighted by Crippen LogP contribution is 1.96. The SMILES string of the molecule is CN(C)C1=NC(=O)NCC1. The molecule has 1 rings (SSSR count). The number of nitrogens with one attached hydrogen (secondary N) is 1. The maximum atomic E-state index is 10.7. The van der Waals surface area contributed by atoms with Crippen LogP contribution < -0.4 is 5.32 Å². The summed E-state index contributed by atoms with van der Waals surface area (Å²) in [5.74, 6) is 0.851. The van der Waals surface area contributed by atoms with Crippen LogP contribution >= 0.6 is 0 Å². The van der Waals surface area contributed by atoms with E-state index in [1.807, 2.05) is 19.0 Å². The highest BCUT2D eigenvalue weighted by molar-refractivity contribution is 5.95. The molecule has 10 heavy (non-hydrogen) atoms. The molecule has 4 heteroatoms. The quantitative estimate of drug-likeness (QED) is 0.518. The van der Waals surface area contributed by atoms with Gasteiger partial charge in [-0.1, -0.05) is 0 Å². The van der Waals surface area contributed by atoms with Gasteiger partial charge in [0.15, 0.2) is 0 Å². The van der Waals surface area contributed by atoms with Crippen LogP contribution in [0.2, 0.25) is 0 Å². The van der Waals surface area contributed by atoms with Crippen molar-refractivity contribution in [2.75, 3.05) is 20.6 Å². The lowest BCUT2D eigenvalue weighted by atomic mass is 10.3. The van der Waals surface area contributed by atoms with Crippen LogP contribution in [0.3, 0.4) is 0 Å². The van der Waals surface area contributed by atoms with Crippen LogP contribution in [-0.2, 0) is 0 Å². The van der Waals surface area contributed by atoms with Crippen LogP contribution in [0.1, 0.15) is 6.42 Å². The second-order valence-corrected chi connectivity index (χ2v) is 2.40. The second kappa shape index (κ2) is 2.68. The predicted octanol–water partition coefficient (Wildman–Crippen LogP) is 0.0598. The van der Waals surface area contributed by atoms with Crippen molar-refractivity contribution in [3.63, 3.8) is 0 Å². The fraction of sp³-hybridized carbons (Fsp3) is 0.667. The molecule has 1 aliphatic heterocycles. The van der Waals surface area contributed by atoms with Gasteiger partial charge in [0.2, 0.25) is 0 Å². The Balaban J connectivity index is 2.66. The number of carbonyl (C=O) groups is 1. The van der Waals surface area contributed by atoms with Gasteiger partial charge in [-0.05, 0) is 0 Å². The summed E-state index contributed by atoms with van der Waals surface area (Å²) < 4.78 is 0. The predicted molar refractivity (Wildman–Crippen MR) is 39.1 cm³/mol. The third-order valence-corrected chi connectivity index (χ3v) is 1.37. The molecular weight excluding hydrogens is 130 g/mol. The third-order valence-electron chi connectivity index (χ3n) is 1.37. The van der Waals surface area contributed by atoms with Gasteiger partial charge in [-0.2, -0.15) is 4.99 Å². The molecule has 0 unspecified atom stereocenters. The third kappa shape index (κ3) is 1.46.